The minimum absolute atomic E-state index is 0.000911. The summed E-state index contributed by atoms with van der Waals surface area (Å²) < 4.78 is 27.7. The molecule has 5 nitrogen and oxygen atoms in total. The van der Waals surface area contributed by atoms with Crippen molar-refractivity contribution in [2.24, 2.45) is 0 Å². The molecule has 1 amide bonds. The minimum Gasteiger partial charge on any atom is -0.345 e. The van der Waals surface area contributed by atoms with Gasteiger partial charge in [-0.15, -0.1) is 0 Å². The van der Waals surface area contributed by atoms with Crippen LogP contribution in [-0.4, -0.2) is 14.3 Å². The predicted molar refractivity (Wildman–Crippen MR) is 118 cm³/mol. The molecule has 0 heterocycles. The molecule has 1 atom stereocenters. The van der Waals surface area contributed by atoms with Crippen molar-refractivity contribution < 1.29 is 13.2 Å². The quantitative estimate of drug-likeness (QED) is 0.633. The molecule has 30 heavy (non-hydrogen) atoms. The van der Waals surface area contributed by atoms with Crippen LogP contribution >= 0.6 is 0 Å². The van der Waals surface area contributed by atoms with Gasteiger partial charge < -0.3 is 5.32 Å². The first kappa shape index (κ1) is 20.2. The number of aryl methyl sites for hydroxylation is 2. The maximum absolute atomic E-state index is 12.8. The fourth-order valence-electron chi connectivity index (χ4n) is 3.87. The van der Waals surface area contributed by atoms with Crippen molar-refractivity contribution in [3.63, 3.8) is 0 Å². The lowest BCUT2D eigenvalue weighted by Crippen LogP contribution is -2.31. The molecule has 0 unspecified atom stereocenters. The summed E-state index contributed by atoms with van der Waals surface area (Å²) in [6, 6.07) is 21.4. The van der Waals surface area contributed by atoms with Gasteiger partial charge in [-0.25, -0.2) is 8.42 Å². The Kier molecular flexibility index (Phi) is 5.59. The maximum atomic E-state index is 12.8. The molecule has 1 aliphatic rings. The summed E-state index contributed by atoms with van der Waals surface area (Å²) in [7, 11) is -3.68. The molecule has 0 radical (unpaired) electrons. The van der Waals surface area contributed by atoms with Crippen LogP contribution in [0.3, 0.4) is 0 Å². The molecule has 4 rings (SSSR count). The van der Waals surface area contributed by atoms with E-state index in [9.17, 15) is 13.2 Å². The first-order valence-corrected chi connectivity index (χ1v) is 11.5. The van der Waals surface area contributed by atoms with E-state index in [1.54, 1.807) is 55.5 Å². The lowest BCUT2D eigenvalue weighted by atomic mass is 9.87. The number of amides is 1. The van der Waals surface area contributed by atoms with Gasteiger partial charge >= 0.3 is 0 Å². The molecule has 1 aliphatic carbocycles. The number of benzene rings is 3. The standard InChI is InChI=1S/C24H24N2O3S/c1-17-16-19(14-15-22(17)26-30(28,29)20-10-3-2-4-11-20)24(27)25-23-13-7-9-18-8-5-6-12-21(18)23/h2-6,8,10-12,14-16,23,26H,7,9,13H2,1H3,(H,25,27)/t23-/m0/s1. The molecule has 0 saturated carbocycles. The average molecular weight is 421 g/mol. The zero-order valence-electron chi connectivity index (χ0n) is 16.8. The predicted octanol–water partition coefficient (Wildman–Crippen LogP) is 4.60. The van der Waals surface area contributed by atoms with Crippen LogP contribution in [0, 0.1) is 6.92 Å². The van der Waals surface area contributed by atoms with Gasteiger partial charge in [0.15, 0.2) is 0 Å². The van der Waals surface area contributed by atoms with Crippen LogP contribution in [0.4, 0.5) is 5.69 Å². The molecule has 2 N–H and O–H groups in total. The highest BCUT2D eigenvalue weighted by Gasteiger charge is 2.22. The highest BCUT2D eigenvalue weighted by atomic mass is 32.2. The Balaban J connectivity index is 1.50. The molecule has 0 spiro atoms. The van der Waals surface area contributed by atoms with Gasteiger partial charge in [0.05, 0.1) is 16.6 Å². The van der Waals surface area contributed by atoms with E-state index in [1.165, 1.54) is 11.1 Å². The van der Waals surface area contributed by atoms with Crippen molar-refractivity contribution in [3.05, 3.63) is 95.1 Å². The van der Waals surface area contributed by atoms with Gasteiger partial charge in [0.25, 0.3) is 15.9 Å². The van der Waals surface area contributed by atoms with E-state index in [2.05, 4.69) is 22.2 Å². The first-order chi connectivity index (χ1) is 14.4. The Morgan fingerprint density at radius 1 is 0.967 bits per heavy atom. The Morgan fingerprint density at radius 2 is 1.70 bits per heavy atom. The van der Waals surface area contributed by atoms with Gasteiger partial charge in [0.1, 0.15) is 0 Å². The van der Waals surface area contributed by atoms with Crippen molar-refractivity contribution in [1.82, 2.24) is 5.32 Å². The smallest absolute Gasteiger partial charge is 0.261 e. The fraction of sp³-hybridized carbons (Fsp3) is 0.208. The number of rotatable bonds is 5. The maximum Gasteiger partial charge on any atom is 0.261 e. The van der Waals surface area contributed by atoms with Crippen LogP contribution in [-0.2, 0) is 16.4 Å². The summed E-state index contributed by atoms with van der Waals surface area (Å²) in [6.07, 6.45) is 3.00. The zero-order valence-corrected chi connectivity index (χ0v) is 17.6. The molecule has 3 aromatic carbocycles. The molecule has 0 aromatic heterocycles. The molecule has 3 aromatic rings. The van der Waals surface area contributed by atoms with Crippen molar-refractivity contribution >= 4 is 21.6 Å². The highest BCUT2D eigenvalue weighted by Crippen LogP contribution is 2.30. The Hall–Kier alpha value is -3.12. The van der Waals surface area contributed by atoms with E-state index < -0.39 is 10.0 Å². The zero-order chi connectivity index (χ0) is 21.1. The Morgan fingerprint density at radius 3 is 2.47 bits per heavy atom. The Labute approximate surface area is 177 Å². The second-order valence-electron chi connectivity index (χ2n) is 7.57. The molecule has 0 fully saturated rings. The minimum atomic E-state index is -3.68. The molecule has 154 valence electrons. The van der Waals surface area contributed by atoms with Crippen molar-refractivity contribution in [3.8, 4) is 0 Å². The number of hydrogen-bond acceptors (Lipinski definition) is 3. The van der Waals surface area contributed by atoms with Gasteiger partial charge in [0, 0.05) is 5.56 Å². The van der Waals surface area contributed by atoms with Gasteiger partial charge in [-0.2, -0.15) is 0 Å². The van der Waals surface area contributed by atoms with Crippen molar-refractivity contribution in [2.45, 2.75) is 37.1 Å². The van der Waals surface area contributed by atoms with E-state index in [4.69, 9.17) is 0 Å². The second kappa shape index (κ2) is 8.32. The normalized spacial score (nSPS) is 15.8. The van der Waals surface area contributed by atoms with Gasteiger partial charge in [0.2, 0.25) is 0 Å². The molecule has 6 heteroatoms. The summed E-state index contributed by atoms with van der Waals surface area (Å²) in [4.78, 5) is 13.0. The summed E-state index contributed by atoms with van der Waals surface area (Å²) in [5, 5.41) is 3.13. The van der Waals surface area contributed by atoms with Crippen LogP contribution in [0.25, 0.3) is 0 Å². The number of carbonyl (C=O) groups is 1. The monoisotopic (exact) mass is 420 g/mol. The number of sulfonamides is 1. The number of nitrogens with one attached hydrogen (secondary N) is 2. The molecular weight excluding hydrogens is 396 g/mol. The summed E-state index contributed by atoms with van der Waals surface area (Å²) in [5.41, 5.74) is 4.12. The number of fused-ring (bicyclic) bond motifs is 1. The highest BCUT2D eigenvalue weighted by molar-refractivity contribution is 7.92. The average Bonchev–Trinajstić information content (AvgIpc) is 2.76. The second-order valence-corrected chi connectivity index (χ2v) is 9.25. The third kappa shape index (κ3) is 4.24. The lowest BCUT2D eigenvalue weighted by molar-refractivity contribution is 0.0932. The molecule has 0 saturated heterocycles. The summed E-state index contributed by atoms with van der Waals surface area (Å²) >= 11 is 0. The van der Waals surface area contributed by atoms with Gasteiger partial charge in [-0.05, 0) is 73.2 Å². The van der Waals surface area contributed by atoms with E-state index in [0.29, 0.717) is 16.8 Å². The van der Waals surface area contributed by atoms with Crippen molar-refractivity contribution in [2.75, 3.05) is 4.72 Å². The topological polar surface area (TPSA) is 75.3 Å². The third-order valence-corrected chi connectivity index (χ3v) is 6.84. The molecule has 0 aliphatic heterocycles. The summed E-state index contributed by atoms with van der Waals surface area (Å²) in [6.45, 7) is 1.79. The number of hydrogen-bond donors (Lipinski definition) is 2. The van der Waals surface area contributed by atoms with E-state index in [1.807, 2.05) is 12.1 Å². The van der Waals surface area contributed by atoms with Gasteiger partial charge in [-0.1, -0.05) is 42.5 Å². The number of anilines is 1. The van der Waals surface area contributed by atoms with E-state index in [-0.39, 0.29) is 16.8 Å². The van der Waals surface area contributed by atoms with Crippen LogP contribution in [0.2, 0.25) is 0 Å². The van der Waals surface area contributed by atoms with Crippen LogP contribution in [0.1, 0.15) is 45.9 Å². The third-order valence-electron chi connectivity index (χ3n) is 5.46. The SMILES string of the molecule is Cc1cc(C(=O)N[C@H]2CCCc3ccccc32)ccc1NS(=O)(=O)c1ccccc1. The van der Waals surface area contributed by atoms with Crippen LogP contribution < -0.4 is 10.0 Å². The van der Waals surface area contributed by atoms with E-state index >= 15 is 0 Å². The van der Waals surface area contributed by atoms with Gasteiger partial charge in [-0.3, -0.25) is 9.52 Å². The largest absolute Gasteiger partial charge is 0.345 e. The first-order valence-electron chi connectivity index (χ1n) is 10.0. The van der Waals surface area contributed by atoms with Crippen molar-refractivity contribution in [1.29, 1.82) is 0 Å². The summed E-state index contributed by atoms with van der Waals surface area (Å²) in [5.74, 6) is -0.155. The fourth-order valence-corrected chi connectivity index (χ4v) is 5.02. The number of carbonyl (C=O) groups excluding carboxylic acids is 1. The Bertz CT molecular complexity index is 1170. The van der Waals surface area contributed by atoms with E-state index in [0.717, 1.165) is 19.3 Å². The molecule has 0 bridgehead atoms. The van der Waals surface area contributed by atoms with Crippen LogP contribution in [0.15, 0.2) is 77.7 Å². The van der Waals surface area contributed by atoms with Crippen LogP contribution in [0.5, 0.6) is 0 Å². The molecular formula is C24H24N2O3S. The lowest BCUT2D eigenvalue weighted by Gasteiger charge is -2.26.